The molecular weight excluding hydrogens is 245 g/mol. The fourth-order valence-electron chi connectivity index (χ4n) is 1.72. The quantitative estimate of drug-likeness (QED) is 0.775. The minimum Gasteiger partial charge on any atom is -0.358 e. The molecule has 0 aliphatic heterocycles. The molecule has 5 heteroatoms. The van der Waals surface area contributed by atoms with Crippen LogP contribution < -0.4 is 0 Å². The van der Waals surface area contributed by atoms with E-state index in [2.05, 4.69) is 11.3 Å². The van der Waals surface area contributed by atoms with Crippen molar-refractivity contribution in [3.05, 3.63) is 48.0 Å². The summed E-state index contributed by atoms with van der Waals surface area (Å²) in [7, 11) is 0.862. The van der Waals surface area contributed by atoms with Crippen molar-refractivity contribution in [2.45, 2.75) is 18.7 Å². The smallest absolute Gasteiger partial charge is 0.358 e. The zero-order chi connectivity index (χ0) is 14.0. The van der Waals surface area contributed by atoms with Crippen molar-refractivity contribution < 1.29 is 22.7 Å². The molecular formula is C13H13F3O2. The molecule has 1 unspecified atom stereocenters. The van der Waals surface area contributed by atoms with E-state index in [9.17, 15) is 18.0 Å². The second-order valence-corrected chi connectivity index (χ2v) is 3.86. The maximum atomic E-state index is 13.3. The van der Waals surface area contributed by atoms with Crippen molar-refractivity contribution in [3.63, 3.8) is 0 Å². The summed E-state index contributed by atoms with van der Waals surface area (Å²) in [4.78, 5) is 11.9. The van der Waals surface area contributed by atoms with E-state index in [1.165, 1.54) is 31.2 Å². The van der Waals surface area contributed by atoms with Crippen LogP contribution in [-0.4, -0.2) is 19.1 Å². The second-order valence-electron chi connectivity index (χ2n) is 3.86. The maximum absolute atomic E-state index is 13.3. The van der Waals surface area contributed by atoms with Gasteiger partial charge in [0.15, 0.2) is 0 Å². The minimum absolute atomic E-state index is 0.210. The lowest BCUT2D eigenvalue weighted by atomic mass is 9.85. The zero-order valence-electron chi connectivity index (χ0n) is 10.0. The van der Waals surface area contributed by atoms with Crippen molar-refractivity contribution in [2.75, 3.05) is 7.11 Å². The molecule has 0 spiro atoms. The SMILES string of the molecule is C=C(C)C(=O)C(OC)(c1ccccc1)C(F)(F)F. The van der Waals surface area contributed by atoms with Crippen molar-refractivity contribution >= 4 is 5.78 Å². The van der Waals surface area contributed by atoms with Crippen molar-refractivity contribution in [1.29, 1.82) is 0 Å². The second kappa shape index (κ2) is 4.94. The molecule has 0 saturated heterocycles. The molecule has 0 amide bonds. The Morgan fingerprint density at radius 3 is 2.06 bits per heavy atom. The molecule has 0 fully saturated rings. The van der Waals surface area contributed by atoms with Crippen LogP contribution in [0.5, 0.6) is 0 Å². The van der Waals surface area contributed by atoms with Gasteiger partial charge in [0.2, 0.25) is 5.78 Å². The molecule has 0 aliphatic carbocycles. The number of hydrogen-bond donors (Lipinski definition) is 0. The molecule has 1 atom stereocenters. The number of carbonyl (C=O) groups excluding carboxylic acids is 1. The predicted molar refractivity (Wildman–Crippen MR) is 61.0 cm³/mol. The summed E-state index contributed by atoms with van der Waals surface area (Å²) in [5.74, 6) is -1.19. The highest BCUT2D eigenvalue weighted by Crippen LogP contribution is 2.43. The van der Waals surface area contributed by atoms with E-state index in [0.717, 1.165) is 7.11 Å². The number of carbonyl (C=O) groups is 1. The van der Waals surface area contributed by atoms with E-state index >= 15 is 0 Å². The van der Waals surface area contributed by atoms with Gasteiger partial charge < -0.3 is 4.74 Å². The summed E-state index contributed by atoms with van der Waals surface area (Å²) in [6.07, 6.45) is -4.86. The first-order valence-electron chi connectivity index (χ1n) is 5.15. The topological polar surface area (TPSA) is 26.3 Å². The number of ketones is 1. The summed E-state index contributed by atoms with van der Waals surface area (Å²) < 4.78 is 44.4. The van der Waals surface area contributed by atoms with Crippen LogP contribution >= 0.6 is 0 Å². The molecule has 98 valence electrons. The Kier molecular flexibility index (Phi) is 3.96. The Morgan fingerprint density at radius 2 is 1.72 bits per heavy atom. The number of alkyl halides is 3. The van der Waals surface area contributed by atoms with E-state index < -0.39 is 17.6 Å². The Balaban J connectivity index is 3.52. The zero-order valence-corrected chi connectivity index (χ0v) is 10.0. The first-order valence-corrected chi connectivity index (χ1v) is 5.15. The summed E-state index contributed by atoms with van der Waals surface area (Å²) >= 11 is 0. The van der Waals surface area contributed by atoms with Crippen LogP contribution in [-0.2, 0) is 15.1 Å². The number of hydrogen-bond acceptors (Lipinski definition) is 2. The molecule has 0 aliphatic rings. The van der Waals surface area contributed by atoms with Crippen LogP contribution in [0.1, 0.15) is 12.5 Å². The first kappa shape index (κ1) is 14.4. The lowest BCUT2D eigenvalue weighted by Gasteiger charge is -2.33. The maximum Gasteiger partial charge on any atom is 0.429 e. The molecule has 18 heavy (non-hydrogen) atoms. The molecule has 2 nitrogen and oxygen atoms in total. The van der Waals surface area contributed by atoms with Gasteiger partial charge in [-0.1, -0.05) is 36.9 Å². The van der Waals surface area contributed by atoms with Crippen molar-refractivity contribution in [3.8, 4) is 0 Å². The lowest BCUT2D eigenvalue weighted by Crippen LogP contribution is -2.51. The normalized spacial score (nSPS) is 14.9. The van der Waals surface area contributed by atoms with Crippen LogP contribution in [0, 0.1) is 0 Å². The van der Waals surface area contributed by atoms with E-state index in [1.54, 1.807) is 6.07 Å². The third-order valence-corrected chi connectivity index (χ3v) is 2.59. The van der Waals surface area contributed by atoms with Gasteiger partial charge in [-0.05, 0) is 12.5 Å². The van der Waals surface area contributed by atoms with Gasteiger partial charge in [0.25, 0.3) is 5.60 Å². The number of rotatable bonds is 4. The minimum atomic E-state index is -4.86. The van der Waals surface area contributed by atoms with E-state index in [1.807, 2.05) is 0 Å². The summed E-state index contributed by atoms with van der Waals surface area (Å²) in [5.41, 5.74) is -3.45. The van der Waals surface area contributed by atoms with Crippen molar-refractivity contribution in [2.24, 2.45) is 0 Å². The number of Topliss-reactive ketones (excluding diaryl/α,β-unsaturated/α-hetero) is 1. The summed E-state index contributed by atoms with van der Waals surface area (Å²) in [5, 5.41) is 0. The van der Waals surface area contributed by atoms with Gasteiger partial charge in [0, 0.05) is 12.7 Å². The molecule has 0 aromatic heterocycles. The number of methoxy groups -OCH3 is 1. The van der Waals surface area contributed by atoms with Gasteiger partial charge in [-0.25, -0.2) is 0 Å². The number of halogens is 3. The molecule has 1 rings (SSSR count). The average Bonchev–Trinajstić information content (AvgIpc) is 2.30. The van der Waals surface area contributed by atoms with E-state index in [4.69, 9.17) is 0 Å². The largest absolute Gasteiger partial charge is 0.429 e. The van der Waals surface area contributed by atoms with Gasteiger partial charge in [-0.15, -0.1) is 0 Å². The average molecular weight is 258 g/mol. The Labute approximate surface area is 103 Å². The van der Waals surface area contributed by atoms with Crippen LogP contribution in [0.3, 0.4) is 0 Å². The molecule has 1 aromatic carbocycles. The predicted octanol–water partition coefficient (Wildman–Crippen LogP) is 3.24. The van der Waals surface area contributed by atoms with Gasteiger partial charge in [0.05, 0.1) is 0 Å². The van der Waals surface area contributed by atoms with E-state index in [0.29, 0.717) is 0 Å². The summed E-state index contributed by atoms with van der Waals surface area (Å²) in [6, 6.07) is 6.81. The molecule has 0 N–H and O–H groups in total. The first-order chi connectivity index (χ1) is 8.27. The van der Waals surface area contributed by atoms with Gasteiger partial charge in [0.1, 0.15) is 0 Å². The monoisotopic (exact) mass is 258 g/mol. The number of ether oxygens (including phenoxy) is 1. The Hall–Kier alpha value is -1.62. The standard InChI is InChI=1S/C13H13F3O2/c1-9(2)11(17)12(18-3,13(14,15)16)10-7-5-4-6-8-10/h4-8H,1H2,2-3H3. The summed E-state index contributed by atoms with van der Waals surface area (Å²) in [6.45, 7) is 4.51. The highest BCUT2D eigenvalue weighted by molar-refractivity contribution is 6.02. The van der Waals surface area contributed by atoms with Crippen LogP contribution in [0.4, 0.5) is 13.2 Å². The molecule has 0 radical (unpaired) electrons. The Morgan fingerprint density at radius 1 is 1.22 bits per heavy atom. The van der Waals surface area contributed by atoms with Crippen LogP contribution in [0.15, 0.2) is 42.5 Å². The highest BCUT2D eigenvalue weighted by Gasteiger charge is 2.62. The molecule has 1 aromatic rings. The lowest BCUT2D eigenvalue weighted by molar-refractivity contribution is -0.262. The third-order valence-electron chi connectivity index (χ3n) is 2.59. The van der Waals surface area contributed by atoms with Crippen LogP contribution in [0.25, 0.3) is 0 Å². The third kappa shape index (κ3) is 2.18. The number of benzene rings is 1. The van der Waals surface area contributed by atoms with Gasteiger partial charge in [-0.2, -0.15) is 13.2 Å². The van der Waals surface area contributed by atoms with Gasteiger partial charge in [-0.3, -0.25) is 4.79 Å². The van der Waals surface area contributed by atoms with E-state index in [-0.39, 0.29) is 11.1 Å². The molecule has 0 heterocycles. The van der Waals surface area contributed by atoms with Gasteiger partial charge >= 0.3 is 6.18 Å². The molecule has 0 bridgehead atoms. The highest BCUT2D eigenvalue weighted by atomic mass is 19.4. The Bertz CT molecular complexity index is 451. The van der Waals surface area contributed by atoms with Crippen LogP contribution in [0.2, 0.25) is 0 Å². The fraction of sp³-hybridized carbons (Fsp3) is 0.308. The molecule has 0 saturated carbocycles. The van der Waals surface area contributed by atoms with Crippen molar-refractivity contribution in [1.82, 2.24) is 0 Å². The fourth-order valence-corrected chi connectivity index (χ4v) is 1.72.